The Labute approximate surface area is 108 Å². The number of carbonyl (C=O) groups excluding carboxylic acids is 1. The number of fused-ring (bicyclic) bond motifs is 3. The average Bonchev–Trinajstić information content (AvgIpc) is 2.45. The second-order valence-electron chi connectivity index (χ2n) is 5.53. The zero-order valence-corrected chi connectivity index (χ0v) is 10.9. The summed E-state index contributed by atoms with van der Waals surface area (Å²) >= 11 is 0. The van der Waals surface area contributed by atoms with Crippen molar-refractivity contribution in [1.82, 2.24) is 0 Å². The van der Waals surface area contributed by atoms with Gasteiger partial charge in [-0.2, -0.15) is 0 Å². The standard InChI is InChI=1S/C16H20O2/c1-18-16(17)15-8-4-7-13-12-6-3-2-5-11(12)9-10-14(13)15/h2,5,9-10,12-13,15H,3-4,6-8H2,1H3. The van der Waals surface area contributed by atoms with E-state index in [0.29, 0.717) is 11.8 Å². The van der Waals surface area contributed by atoms with E-state index in [1.54, 1.807) is 0 Å². The Morgan fingerprint density at radius 3 is 2.94 bits per heavy atom. The maximum Gasteiger partial charge on any atom is 0.312 e. The summed E-state index contributed by atoms with van der Waals surface area (Å²) in [6, 6.07) is 0. The Hall–Kier alpha value is -1.31. The first kappa shape index (κ1) is 11.8. The molecule has 3 rings (SSSR count). The van der Waals surface area contributed by atoms with Crippen molar-refractivity contribution in [1.29, 1.82) is 0 Å². The van der Waals surface area contributed by atoms with Gasteiger partial charge in [0.25, 0.3) is 0 Å². The quantitative estimate of drug-likeness (QED) is 0.661. The molecule has 0 aromatic heterocycles. The maximum atomic E-state index is 11.9. The van der Waals surface area contributed by atoms with Crippen molar-refractivity contribution >= 4 is 5.97 Å². The van der Waals surface area contributed by atoms with Crippen LogP contribution in [-0.4, -0.2) is 13.1 Å². The van der Waals surface area contributed by atoms with Crippen LogP contribution in [0.3, 0.4) is 0 Å². The van der Waals surface area contributed by atoms with E-state index in [4.69, 9.17) is 4.74 Å². The number of ether oxygens (including phenoxy) is 1. The predicted octanol–water partition coefficient (Wildman–Crippen LogP) is 3.41. The van der Waals surface area contributed by atoms with Gasteiger partial charge in [0.05, 0.1) is 13.0 Å². The van der Waals surface area contributed by atoms with Gasteiger partial charge in [-0.15, -0.1) is 0 Å². The van der Waals surface area contributed by atoms with E-state index in [2.05, 4.69) is 24.3 Å². The van der Waals surface area contributed by atoms with Crippen LogP contribution in [0.5, 0.6) is 0 Å². The SMILES string of the molecule is COC(=O)C1CCCC2C1=CC=C1C=CCCC12. The third-order valence-corrected chi connectivity index (χ3v) is 4.66. The number of rotatable bonds is 1. The first-order valence-electron chi connectivity index (χ1n) is 6.97. The van der Waals surface area contributed by atoms with E-state index >= 15 is 0 Å². The summed E-state index contributed by atoms with van der Waals surface area (Å²) in [5.74, 6) is 1.18. The van der Waals surface area contributed by atoms with Gasteiger partial charge in [-0.3, -0.25) is 4.79 Å². The molecule has 0 aromatic carbocycles. The highest BCUT2D eigenvalue weighted by Crippen LogP contribution is 2.46. The lowest BCUT2D eigenvalue weighted by Gasteiger charge is -2.40. The molecule has 3 aliphatic rings. The van der Waals surface area contributed by atoms with Crippen LogP contribution in [0.1, 0.15) is 32.1 Å². The fourth-order valence-electron chi connectivity index (χ4n) is 3.79. The zero-order chi connectivity index (χ0) is 12.5. The predicted molar refractivity (Wildman–Crippen MR) is 70.9 cm³/mol. The normalized spacial score (nSPS) is 33.9. The van der Waals surface area contributed by atoms with Gasteiger partial charge in [-0.05, 0) is 43.1 Å². The summed E-state index contributed by atoms with van der Waals surface area (Å²) in [7, 11) is 1.50. The molecule has 0 radical (unpaired) electrons. The fourth-order valence-corrected chi connectivity index (χ4v) is 3.79. The fraction of sp³-hybridized carbons (Fsp3) is 0.562. The molecule has 18 heavy (non-hydrogen) atoms. The summed E-state index contributed by atoms with van der Waals surface area (Å²) in [5.41, 5.74) is 2.79. The number of hydrogen-bond acceptors (Lipinski definition) is 2. The van der Waals surface area contributed by atoms with Gasteiger partial charge >= 0.3 is 5.97 Å². The molecule has 3 unspecified atom stereocenters. The van der Waals surface area contributed by atoms with Crippen molar-refractivity contribution in [3.05, 3.63) is 35.5 Å². The van der Waals surface area contributed by atoms with Crippen LogP contribution in [0.4, 0.5) is 0 Å². The van der Waals surface area contributed by atoms with E-state index in [-0.39, 0.29) is 11.9 Å². The van der Waals surface area contributed by atoms with Gasteiger partial charge in [0, 0.05) is 0 Å². The van der Waals surface area contributed by atoms with Crippen molar-refractivity contribution in [2.24, 2.45) is 17.8 Å². The summed E-state index contributed by atoms with van der Waals surface area (Å²) in [6.07, 6.45) is 14.7. The minimum absolute atomic E-state index is 0.0115. The molecule has 1 saturated carbocycles. The molecule has 3 aliphatic carbocycles. The number of methoxy groups -OCH3 is 1. The second kappa shape index (κ2) is 4.75. The molecule has 3 atom stereocenters. The largest absolute Gasteiger partial charge is 0.469 e. The van der Waals surface area contributed by atoms with E-state index in [1.807, 2.05) is 0 Å². The zero-order valence-electron chi connectivity index (χ0n) is 10.9. The van der Waals surface area contributed by atoms with Gasteiger partial charge in [-0.1, -0.05) is 36.3 Å². The third kappa shape index (κ3) is 1.84. The lowest BCUT2D eigenvalue weighted by Crippen LogP contribution is -2.33. The van der Waals surface area contributed by atoms with E-state index in [1.165, 1.54) is 37.5 Å². The second-order valence-corrected chi connectivity index (χ2v) is 5.53. The number of allylic oxidation sites excluding steroid dienone is 5. The Morgan fingerprint density at radius 2 is 2.11 bits per heavy atom. The van der Waals surface area contributed by atoms with Crippen molar-refractivity contribution in [2.45, 2.75) is 32.1 Å². The monoisotopic (exact) mass is 244 g/mol. The van der Waals surface area contributed by atoms with E-state index in [9.17, 15) is 4.79 Å². The number of carbonyl (C=O) groups is 1. The highest BCUT2D eigenvalue weighted by Gasteiger charge is 2.39. The van der Waals surface area contributed by atoms with Crippen molar-refractivity contribution in [2.75, 3.05) is 7.11 Å². The van der Waals surface area contributed by atoms with Gasteiger partial charge in [-0.25, -0.2) is 0 Å². The molecule has 0 heterocycles. The summed E-state index contributed by atoms with van der Waals surface area (Å²) in [5, 5.41) is 0. The Morgan fingerprint density at radius 1 is 1.22 bits per heavy atom. The molecular formula is C16H20O2. The summed E-state index contributed by atoms with van der Waals surface area (Å²) in [6.45, 7) is 0. The van der Waals surface area contributed by atoms with Gasteiger partial charge in [0.15, 0.2) is 0 Å². The molecule has 2 heteroatoms. The third-order valence-electron chi connectivity index (χ3n) is 4.66. The molecule has 1 fully saturated rings. The van der Waals surface area contributed by atoms with Crippen LogP contribution < -0.4 is 0 Å². The molecule has 0 N–H and O–H groups in total. The molecule has 0 aliphatic heterocycles. The maximum absolute atomic E-state index is 11.9. The first-order chi connectivity index (χ1) is 8.81. The molecule has 0 aromatic rings. The lowest BCUT2D eigenvalue weighted by molar-refractivity contribution is -0.145. The molecule has 0 spiro atoms. The van der Waals surface area contributed by atoms with Crippen LogP contribution in [-0.2, 0) is 9.53 Å². The van der Waals surface area contributed by atoms with Crippen molar-refractivity contribution in [3.8, 4) is 0 Å². The minimum Gasteiger partial charge on any atom is -0.469 e. The topological polar surface area (TPSA) is 26.3 Å². The molecule has 2 nitrogen and oxygen atoms in total. The molecule has 0 bridgehead atoms. The summed E-state index contributed by atoms with van der Waals surface area (Å²) in [4.78, 5) is 11.9. The van der Waals surface area contributed by atoms with Crippen LogP contribution in [0.15, 0.2) is 35.5 Å². The minimum atomic E-state index is -0.0471. The van der Waals surface area contributed by atoms with Crippen LogP contribution >= 0.6 is 0 Å². The van der Waals surface area contributed by atoms with Crippen LogP contribution in [0.25, 0.3) is 0 Å². The van der Waals surface area contributed by atoms with Gasteiger partial charge in [0.1, 0.15) is 0 Å². The summed E-state index contributed by atoms with van der Waals surface area (Å²) < 4.78 is 4.96. The highest BCUT2D eigenvalue weighted by atomic mass is 16.5. The Balaban J connectivity index is 1.93. The van der Waals surface area contributed by atoms with Crippen molar-refractivity contribution < 1.29 is 9.53 Å². The average molecular weight is 244 g/mol. The first-order valence-corrected chi connectivity index (χ1v) is 6.97. The Kier molecular flexibility index (Phi) is 3.11. The number of hydrogen-bond donors (Lipinski definition) is 0. The molecule has 0 amide bonds. The molecule has 0 saturated heterocycles. The smallest absolute Gasteiger partial charge is 0.312 e. The van der Waals surface area contributed by atoms with E-state index < -0.39 is 0 Å². The molecule has 96 valence electrons. The van der Waals surface area contributed by atoms with Crippen molar-refractivity contribution in [3.63, 3.8) is 0 Å². The number of esters is 1. The van der Waals surface area contributed by atoms with Crippen LogP contribution in [0, 0.1) is 17.8 Å². The highest BCUT2D eigenvalue weighted by molar-refractivity contribution is 5.76. The van der Waals surface area contributed by atoms with Crippen LogP contribution in [0.2, 0.25) is 0 Å². The van der Waals surface area contributed by atoms with Gasteiger partial charge < -0.3 is 4.74 Å². The van der Waals surface area contributed by atoms with E-state index in [0.717, 1.165) is 12.8 Å². The molecular weight excluding hydrogens is 224 g/mol. The van der Waals surface area contributed by atoms with Gasteiger partial charge in [0.2, 0.25) is 0 Å². The Bertz CT molecular complexity index is 442. The lowest BCUT2D eigenvalue weighted by atomic mass is 9.64.